The maximum absolute atomic E-state index is 12.1. The van der Waals surface area contributed by atoms with Gasteiger partial charge >= 0.3 is 5.97 Å². The highest BCUT2D eigenvalue weighted by Crippen LogP contribution is 2.39. The van der Waals surface area contributed by atoms with Crippen molar-refractivity contribution in [1.82, 2.24) is 5.32 Å². The molecule has 0 spiro atoms. The molecule has 1 aromatic heterocycles. The summed E-state index contributed by atoms with van der Waals surface area (Å²) in [6.45, 7) is 4.05. The van der Waals surface area contributed by atoms with Crippen LogP contribution in [-0.4, -0.2) is 23.7 Å². The van der Waals surface area contributed by atoms with Gasteiger partial charge in [-0.1, -0.05) is 19.8 Å². The Hall–Kier alpha value is -1.58. The summed E-state index contributed by atoms with van der Waals surface area (Å²) in [6, 6.07) is 0. The van der Waals surface area contributed by atoms with Crippen molar-refractivity contribution in [3.8, 4) is 12.3 Å². The number of nitrogens with one attached hydrogen (secondary N) is 2. The number of thiophene rings is 1. The number of terminal acetylenes is 1. The Bertz CT molecular complexity index is 654. The molecule has 0 unspecified atom stereocenters. The second-order valence-corrected chi connectivity index (χ2v) is 7.08. The Morgan fingerprint density at radius 3 is 2.70 bits per heavy atom. The maximum atomic E-state index is 12.1. The smallest absolute Gasteiger partial charge is 0.341 e. The number of carbonyl (C=O) groups is 1. The third kappa shape index (κ3) is 3.51. The number of hydrogen-bond acceptors (Lipinski definition) is 4. The summed E-state index contributed by atoms with van der Waals surface area (Å²) in [5, 5.41) is 7.56. The molecule has 0 saturated heterocycles. The van der Waals surface area contributed by atoms with Crippen molar-refractivity contribution in [1.29, 1.82) is 0 Å². The van der Waals surface area contributed by atoms with Gasteiger partial charge in [-0.2, -0.15) is 0 Å². The van der Waals surface area contributed by atoms with Crippen LogP contribution in [-0.2, 0) is 17.6 Å². The number of aryl methyl sites for hydroxylation is 1. The molecule has 0 radical (unpaired) electrons. The molecule has 0 atom stereocenters. The first-order chi connectivity index (χ1) is 11.0. The van der Waals surface area contributed by atoms with Gasteiger partial charge in [0.1, 0.15) is 5.00 Å². The van der Waals surface area contributed by atoms with Crippen molar-refractivity contribution in [3.63, 3.8) is 0 Å². The number of rotatable bonds is 5. The van der Waals surface area contributed by atoms with Crippen molar-refractivity contribution >= 4 is 39.6 Å². The number of hydrogen-bond donors (Lipinski definition) is 2. The van der Waals surface area contributed by atoms with Gasteiger partial charge in [-0.05, 0) is 49.9 Å². The lowest BCUT2D eigenvalue weighted by molar-refractivity contribution is 0.0601. The summed E-state index contributed by atoms with van der Waals surface area (Å²) >= 11 is 6.99. The van der Waals surface area contributed by atoms with Gasteiger partial charge in [-0.25, -0.2) is 4.79 Å². The highest BCUT2D eigenvalue weighted by atomic mass is 32.1. The van der Waals surface area contributed by atoms with E-state index in [-0.39, 0.29) is 5.97 Å². The fourth-order valence-electron chi connectivity index (χ4n) is 2.83. The zero-order valence-electron chi connectivity index (χ0n) is 13.7. The summed E-state index contributed by atoms with van der Waals surface area (Å²) in [4.78, 5) is 13.4. The van der Waals surface area contributed by atoms with Crippen LogP contribution in [0.4, 0.5) is 5.00 Å². The van der Waals surface area contributed by atoms with Crippen LogP contribution in [0.1, 0.15) is 53.9 Å². The third-order valence-corrected chi connectivity index (χ3v) is 5.79. The van der Waals surface area contributed by atoms with Gasteiger partial charge in [0.2, 0.25) is 0 Å². The van der Waals surface area contributed by atoms with Gasteiger partial charge in [-0.3, -0.25) is 0 Å². The van der Waals surface area contributed by atoms with Crippen LogP contribution >= 0.6 is 23.6 Å². The second-order valence-electron chi connectivity index (χ2n) is 5.57. The van der Waals surface area contributed by atoms with Gasteiger partial charge in [0.05, 0.1) is 18.2 Å². The molecule has 23 heavy (non-hydrogen) atoms. The SMILES string of the molecule is C#CC(CC)(CC)NC(=S)Nc1sc2c(c1C(=O)OC)CCC2. The molecule has 4 nitrogen and oxygen atoms in total. The number of carbonyl (C=O) groups excluding carboxylic acids is 1. The lowest BCUT2D eigenvalue weighted by Crippen LogP contribution is -2.48. The van der Waals surface area contributed by atoms with Gasteiger partial charge in [0.25, 0.3) is 0 Å². The van der Waals surface area contributed by atoms with Gasteiger partial charge < -0.3 is 15.4 Å². The molecule has 0 amide bonds. The van der Waals surface area contributed by atoms with Gasteiger partial charge in [-0.15, -0.1) is 17.8 Å². The minimum atomic E-state index is -0.463. The van der Waals surface area contributed by atoms with E-state index in [1.165, 1.54) is 12.0 Å². The predicted molar refractivity (Wildman–Crippen MR) is 99.2 cm³/mol. The maximum Gasteiger partial charge on any atom is 0.341 e. The Kier molecular flexibility index (Phi) is 5.66. The van der Waals surface area contributed by atoms with E-state index in [4.69, 9.17) is 23.4 Å². The van der Waals surface area contributed by atoms with E-state index in [9.17, 15) is 4.79 Å². The molecule has 2 rings (SSSR count). The van der Waals surface area contributed by atoms with E-state index in [0.717, 1.165) is 42.7 Å². The number of ether oxygens (including phenoxy) is 1. The molecule has 0 fully saturated rings. The molecule has 0 bridgehead atoms. The second kappa shape index (κ2) is 7.33. The van der Waals surface area contributed by atoms with Crippen LogP contribution in [0.15, 0.2) is 0 Å². The zero-order chi connectivity index (χ0) is 17.0. The summed E-state index contributed by atoms with van der Waals surface area (Å²) in [5.41, 5.74) is 1.25. The van der Waals surface area contributed by atoms with Crippen LogP contribution in [0.2, 0.25) is 0 Å². The van der Waals surface area contributed by atoms with Crippen LogP contribution in [0, 0.1) is 12.3 Å². The van der Waals surface area contributed by atoms with E-state index in [1.807, 2.05) is 13.8 Å². The van der Waals surface area contributed by atoms with Crippen molar-refractivity contribution in [3.05, 3.63) is 16.0 Å². The van der Waals surface area contributed by atoms with Gasteiger partial charge in [0.15, 0.2) is 5.11 Å². The minimum absolute atomic E-state index is 0.316. The van der Waals surface area contributed by atoms with Crippen molar-refractivity contribution < 1.29 is 9.53 Å². The Morgan fingerprint density at radius 1 is 1.43 bits per heavy atom. The lowest BCUT2D eigenvalue weighted by Gasteiger charge is -2.28. The monoisotopic (exact) mass is 350 g/mol. The fraction of sp³-hybridized carbons (Fsp3) is 0.529. The molecule has 6 heteroatoms. The molecule has 1 aliphatic rings. The number of methoxy groups -OCH3 is 1. The van der Waals surface area contributed by atoms with E-state index in [0.29, 0.717) is 10.7 Å². The largest absolute Gasteiger partial charge is 0.465 e. The van der Waals surface area contributed by atoms with Crippen LogP contribution < -0.4 is 10.6 Å². The number of esters is 1. The Labute approximate surface area is 147 Å². The number of fused-ring (bicyclic) bond motifs is 1. The van der Waals surface area contributed by atoms with E-state index in [2.05, 4.69) is 16.6 Å². The van der Waals surface area contributed by atoms with Gasteiger partial charge in [0, 0.05) is 4.88 Å². The molecule has 1 aromatic rings. The highest BCUT2D eigenvalue weighted by Gasteiger charge is 2.29. The van der Waals surface area contributed by atoms with E-state index in [1.54, 1.807) is 11.3 Å². The first-order valence-electron chi connectivity index (χ1n) is 7.80. The van der Waals surface area contributed by atoms with Crippen LogP contribution in [0.3, 0.4) is 0 Å². The zero-order valence-corrected chi connectivity index (χ0v) is 15.4. The summed E-state index contributed by atoms with van der Waals surface area (Å²) in [6.07, 6.45) is 10.2. The minimum Gasteiger partial charge on any atom is -0.465 e. The lowest BCUT2D eigenvalue weighted by atomic mass is 9.94. The van der Waals surface area contributed by atoms with Crippen molar-refractivity contribution in [2.24, 2.45) is 0 Å². The average Bonchev–Trinajstić information content (AvgIpc) is 3.12. The van der Waals surface area contributed by atoms with Crippen LogP contribution in [0.25, 0.3) is 0 Å². The molecule has 1 aliphatic carbocycles. The van der Waals surface area contributed by atoms with E-state index < -0.39 is 5.54 Å². The first-order valence-corrected chi connectivity index (χ1v) is 9.02. The standard InChI is InChI=1S/C17H22N2O2S2/c1-5-17(6-2,7-3)19-16(22)18-14-13(15(20)21-4)11-9-8-10-12(11)23-14/h1H,6-10H2,2-4H3,(H2,18,19,22). The first kappa shape index (κ1) is 17.8. The summed E-state index contributed by atoms with van der Waals surface area (Å²) in [5.74, 6) is 2.48. The number of thiocarbonyl (C=S) groups is 1. The summed E-state index contributed by atoms with van der Waals surface area (Å²) < 4.78 is 4.94. The quantitative estimate of drug-likeness (QED) is 0.484. The molecular formula is C17H22N2O2S2. The third-order valence-electron chi connectivity index (χ3n) is 4.37. The molecule has 124 valence electrons. The topological polar surface area (TPSA) is 50.4 Å². The Morgan fingerprint density at radius 2 is 2.13 bits per heavy atom. The van der Waals surface area contributed by atoms with Crippen molar-refractivity contribution in [2.75, 3.05) is 12.4 Å². The molecule has 0 saturated carbocycles. The number of anilines is 1. The van der Waals surface area contributed by atoms with Crippen LogP contribution in [0.5, 0.6) is 0 Å². The molecule has 1 heterocycles. The van der Waals surface area contributed by atoms with Crippen molar-refractivity contribution in [2.45, 2.75) is 51.5 Å². The molecular weight excluding hydrogens is 328 g/mol. The van der Waals surface area contributed by atoms with E-state index >= 15 is 0 Å². The molecule has 2 N–H and O–H groups in total. The summed E-state index contributed by atoms with van der Waals surface area (Å²) in [7, 11) is 1.40. The predicted octanol–water partition coefficient (Wildman–Crippen LogP) is 3.50. The Balaban J connectivity index is 2.22. The fourth-order valence-corrected chi connectivity index (χ4v) is 4.47. The normalized spacial score (nSPS) is 13.1. The average molecular weight is 351 g/mol. The molecule has 0 aromatic carbocycles. The molecule has 0 aliphatic heterocycles. The highest BCUT2D eigenvalue weighted by molar-refractivity contribution is 7.80.